The smallest absolute Gasteiger partial charge is 0.255 e. The van der Waals surface area contributed by atoms with E-state index in [0.717, 1.165) is 28.3 Å². The molecule has 3 N–H and O–H groups in total. The van der Waals surface area contributed by atoms with Gasteiger partial charge in [0.2, 0.25) is 5.91 Å². The highest BCUT2D eigenvalue weighted by molar-refractivity contribution is 6.04. The van der Waals surface area contributed by atoms with Gasteiger partial charge in [-0.3, -0.25) is 9.59 Å². The molecule has 6 heteroatoms. The van der Waals surface area contributed by atoms with Crippen molar-refractivity contribution in [3.63, 3.8) is 0 Å². The van der Waals surface area contributed by atoms with E-state index >= 15 is 0 Å². The van der Waals surface area contributed by atoms with Crippen LogP contribution in [0.25, 0.3) is 0 Å². The second kappa shape index (κ2) is 9.60. The SMILES string of the molecule is COc1ccc(NC(=O)c2ccc(NCC(=O)Nc3c(C)cccc3C)cc2)cc1. The third-order valence-electron chi connectivity index (χ3n) is 4.69. The topological polar surface area (TPSA) is 79.5 Å². The minimum atomic E-state index is -0.209. The van der Waals surface area contributed by atoms with E-state index in [-0.39, 0.29) is 18.4 Å². The maximum Gasteiger partial charge on any atom is 0.255 e. The number of para-hydroxylation sites is 1. The predicted molar refractivity (Wildman–Crippen MR) is 120 cm³/mol. The van der Waals surface area contributed by atoms with Crippen LogP contribution in [-0.2, 0) is 4.79 Å². The van der Waals surface area contributed by atoms with Crippen molar-refractivity contribution in [2.75, 3.05) is 29.6 Å². The molecule has 0 aliphatic carbocycles. The van der Waals surface area contributed by atoms with Gasteiger partial charge in [-0.25, -0.2) is 0 Å². The molecule has 0 saturated carbocycles. The van der Waals surface area contributed by atoms with Gasteiger partial charge in [-0.1, -0.05) is 18.2 Å². The monoisotopic (exact) mass is 403 g/mol. The molecule has 0 radical (unpaired) electrons. The van der Waals surface area contributed by atoms with Crippen LogP contribution < -0.4 is 20.7 Å². The third kappa shape index (κ3) is 5.38. The second-order valence-electron chi connectivity index (χ2n) is 6.93. The summed E-state index contributed by atoms with van der Waals surface area (Å²) in [5, 5.41) is 8.85. The fourth-order valence-electron chi connectivity index (χ4n) is 2.99. The van der Waals surface area contributed by atoms with Crippen molar-refractivity contribution in [2.24, 2.45) is 0 Å². The van der Waals surface area contributed by atoms with Crippen molar-refractivity contribution in [1.82, 2.24) is 0 Å². The number of ether oxygens (including phenoxy) is 1. The van der Waals surface area contributed by atoms with E-state index in [9.17, 15) is 9.59 Å². The van der Waals surface area contributed by atoms with Gasteiger partial charge in [-0.05, 0) is 73.5 Å². The summed E-state index contributed by atoms with van der Waals surface area (Å²) in [6, 6.07) is 20.0. The number of hydrogen-bond acceptors (Lipinski definition) is 4. The summed E-state index contributed by atoms with van der Waals surface area (Å²) in [6.07, 6.45) is 0. The summed E-state index contributed by atoms with van der Waals surface area (Å²) in [7, 11) is 1.59. The molecule has 0 spiro atoms. The Hall–Kier alpha value is -3.80. The molecule has 0 fully saturated rings. The van der Waals surface area contributed by atoms with Gasteiger partial charge >= 0.3 is 0 Å². The van der Waals surface area contributed by atoms with E-state index in [1.807, 2.05) is 32.0 Å². The molecule has 0 saturated heterocycles. The van der Waals surface area contributed by atoms with E-state index in [0.29, 0.717) is 11.3 Å². The number of rotatable bonds is 7. The molecule has 2 amide bonds. The highest BCUT2D eigenvalue weighted by atomic mass is 16.5. The van der Waals surface area contributed by atoms with E-state index in [4.69, 9.17) is 4.74 Å². The lowest BCUT2D eigenvalue weighted by Gasteiger charge is -2.12. The second-order valence-corrected chi connectivity index (χ2v) is 6.93. The van der Waals surface area contributed by atoms with Crippen LogP contribution in [0, 0.1) is 13.8 Å². The Morgan fingerprint density at radius 1 is 0.800 bits per heavy atom. The molecule has 6 nitrogen and oxygen atoms in total. The molecule has 3 aromatic carbocycles. The first-order valence-electron chi connectivity index (χ1n) is 9.61. The largest absolute Gasteiger partial charge is 0.497 e. The van der Waals surface area contributed by atoms with Gasteiger partial charge in [-0.2, -0.15) is 0 Å². The number of anilines is 3. The number of benzene rings is 3. The van der Waals surface area contributed by atoms with Crippen LogP contribution >= 0.6 is 0 Å². The molecular weight excluding hydrogens is 378 g/mol. The highest BCUT2D eigenvalue weighted by Gasteiger charge is 2.09. The van der Waals surface area contributed by atoms with Gasteiger partial charge in [0, 0.05) is 22.6 Å². The van der Waals surface area contributed by atoms with Crippen LogP contribution in [0.15, 0.2) is 66.7 Å². The molecule has 0 aliphatic rings. The average molecular weight is 403 g/mol. The van der Waals surface area contributed by atoms with E-state index < -0.39 is 0 Å². The summed E-state index contributed by atoms with van der Waals surface area (Å²) in [5.74, 6) is 0.387. The van der Waals surface area contributed by atoms with Gasteiger partial charge in [0.05, 0.1) is 13.7 Å². The van der Waals surface area contributed by atoms with Gasteiger partial charge < -0.3 is 20.7 Å². The van der Waals surface area contributed by atoms with E-state index in [1.165, 1.54) is 0 Å². The van der Waals surface area contributed by atoms with Crippen LogP contribution in [0.2, 0.25) is 0 Å². The van der Waals surface area contributed by atoms with Gasteiger partial charge in [0.1, 0.15) is 5.75 Å². The first-order chi connectivity index (χ1) is 14.5. The van der Waals surface area contributed by atoms with Crippen molar-refractivity contribution >= 4 is 28.9 Å². The standard InChI is InChI=1S/C24H25N3O3/c1-16-5-4-6-17(2)23(16)27-22(28)15-25-19-9-7-18(8-10-19)24(29)26-20-11-13-21(30-3)14-12-20/h4-14,25H,15H2,1-3H3,(H,26,29)(H,27,28). The number of methoxy groups -OCH3 is 1. The number of aryl methyl sites for hydroxylation is 2. The molecule has 154 valence electrons. The average Bonchev–Trinajstić information content (AvgIpc) is 2.76. The van der Waals surface area contributed by atoms with Crippen LogP contribution in [0.4, 0.5) is 17.1 Å². The molecule has 0 unspecified atom stereocenters. The van der Waals surface area contributed by atoms with Crippen LogP contribution in [0.3, 0.4) is 0 Å². The fourth-order valence-corrected chi connectivity index (χ4v) is 2.99. The summed E-state index contributed by atoms with van der Waals surface area (Å²) in [5.41, 5.74) is 4.86. The molecule has 0 bridgehead atoms. The van der Waals surface area contributed by atoms with E-state index in [1.54, 1.807) is 55.6 Å². The molecule has 30 heavy (non-hydrogen) atoms. The number of amides is 2. The van der Waals surface area contributed by atoms with Crippen LogP contribution in [0.1, 0.15) is 21.5 Å². The maximum absolute atomic E-state index is 12.4. The Kier molecular flexibility index (Phi) is 6.70. The quantitative estimate of drug-likeness (QED) is 0.538. The Morgan fingerprint density at radius 3 is 2.00 bits per heavy atom. The summed E-state index contributed by atoms with van der Waals surface area (Å²) in [6.45, 7) is 4.06. The lowest BCUT2D eigenvalue weighted by Crippen LogP contribution is -2.22. The first kappa shape index (κ1) is 20.9. The van der Waals surface area contributed by atoms with Gasteiger partial charge in [-0.15, -0.1) is 0 Å². The molecule has 0 aliphatic heterocycles. The number of carbonyl (C=O) groups is 2. The Balaban J connectivity index is 1.53. The van der Waals surface area contributed by atoms with Crippen LogP contribution in [0.5, 0.6) is 5.75 Å². The van der Waals surface area contributed by atoms with Crippen molar-refractivity contribution < 1.29 is 14.3 Å². The normalized spacial score (nSPS) is 10.2. The summed E-state index contributed by atoms with van der Waals surface area (Å²) >= 11 is 0. The Morgan fingerprint density at radius 2 is 1.40 bits per heavy atom. The fraction of sp³-hybridized carbons (Fsp3) is 0.167. The zero-order valence-electron chi connectivity index (χ0n) is 17.3. The van der Waals surface area contributed by atoms with Crippen LogP contribution in [-0.4, -0.2) is 25.5 Å². The number of nitrogens with one attached hydrogen (secondary N) is 3. The summed E-state index contributed by atoms with van der Waals surface area (Å²) < 4.78 is 5.11. The molecule has 3 aromatic rings. The lowest BCUT2D eigenvalue weighted by molar-refractivity contribution is -0.114. The highest BCUT2D eigenvalue weighted by Crippen LogP contribution is 2.19. The van der Waals surface area contributed by atoms with Crippen molar-refractivity contribution in [3.8, 4) is 5.75 Å². The Bertz CT molecular complexity index is 1010. The number of hydrogen-bond donors (Lipinski definition) is 3. The summed E-state index contributed by atoms with van der Waals surface area (Å²) in [4.78, 5) is 24.7. The molecular formula is C24H25N3O3. The van der Waals surface area contributed by atoms with Gasteiger partial charge in [0.25, 0.3) is 5.91 Å². The zero-order chi connectivity index (χ0) is 21.5. The van der Waals surface area contributed by atoms with Crippen molar-refractivity contribution in [3.05, 3.63) is 83.4 Å². The number of carbonyl (C=O) groups excluding carboxylic acids is 2. The minimum absolute atomic E-state index is 0.130. The van der Waals surface area contributed by atoms with Gasteiger partial charge in [0.15, 0.2) is 0 Å². The maximum atomic E-state index is 12.4. The van der Waals surface area contributed by atoms with Crippen molar-refractivity contribution in [2.45, 2.75) is 13.8 Å². The van der Waals surface area contributed by atoms with E-state index in [2.05, 4.69) is 16.0 Å². The minimum Gasteiger partial charge on any atom is -0.497 e. The molecule has 3 rings (SSSR count). The molecule has 0 atom stereocenters. The third-order valence-corrected chi connectivity index (χ3v) is 4.69. The molecule has 0 heterocycles. The molecule has 0 aromatic heterocycles. The first-order valence-corrected chi connectivity index (χ1v) is 9.61. The predicted octanol–water partition coefficient (Wildman–Crippen LogP) is 4.61. The Labute approximate surface area is 176 Å². The zero-order valence-corrected chi connectivity index (χ0v) is 17.3. The van der Waals surface area contributed by atoms with Crippen molar-refractivity contribution in [1.29, 1.82) is 0 Å². The lowest BCUT2D eigenvalue weighted by atomic mass is 10.1.